The summed E-state index contributed by atoms with van der Waals surface area (Å²) >= 11 is 1.40. The third-order valence-corrected chi connectivity index (χ3v) is 6.29. The summed E-state index contributed by atoms with van der Waals surface area (Å²) in [6.07, 6.45) is 5.28. The molecule has 2 amide bonds. The number of carbonyl (C=O) groups excluding carboxylic acids is 2. The molecule has 0 bridgehead atoms. The van der Waals surface area contributed by atoms with Gasteiger partial charge >= 0.3 is 0 Å². The summed E-state index contributed by atoms with van der Waals surface area (Å²) < 4.78 is 0. The van der Waals surface area contributed by atoms with Gasteiger partial charge in [-0.2, -0.15) is 0 Å². The number of aromatic nitrogens is 2. The number of hydrogen-bond donors (Lipinski definition) is 1. The average molecular weight is 435 g/mol. The summed E-state index contributed by atoms with van der Waals surface area (Å²) in [6, 6.07) is 17.5. The molecule has 3 aromatic rings. The van der Waals surface area contributed by atoms with Crippen LogP contribution in [0.5, 0.6) is 0 Å². The molecule has 1 fully saturated rings. The molecule has 0 spiro atoms. The molecule has 1 aromatic heterocycles. The van der Waals surface area contributed by atoms with Gasteiger partial charge in [0.1, 0.15) is 5.01 Å². The topological polar surface area (TPSA) is 75.2 Å². The number of benzene rings is 2. The Bertz CT molecular complexity index is 1010. The predicted molar refractivity (Wildman–Crippen MR) is 122 cm³/mol. The molecule has 0 aliphatic carbocycles. The van der Waals surface area contributed by atoms with Crippen LogP contribution in [0.2, 0.25) is 0 Å². The zero-order valence-corrected chi connectivity index (χ0v) is 18.2. The molecule has 160 valence electrons. The fourth-order valence-electron chi connectivity index (χ4n) is 3.69. The fraction of sp³-hybridized carbons (Fsp3) is 0.333. The summed E-state index contributed by atoms with van der Waals surface area (Å²) in [4.78, 5) is 26.7. The number of carbonyl (C=O) groups is 2. The third kappa shape index (κ3) is 5.98. The first-order valence-corrected chi connectivity index (χ1v) is 11.5. The highest BCUT2D eigenvalue weighted by molar-refractivity contribution is 7.15. The Kier molecular flexibility index (Phi) is 7.04. The number of anilines is 1. The van der Waals surface area contributed by atoms with E-state index in [1.165, 1.54) is 17.8 Å². The van der Waals surface area contributed by atoms with Gasteiger partial charge in [0.15, 0.2) is 0 Å². The quantitative estimate of drug-likeness (QED) is 0.607. The highest BCUT2D eigenvalue weighted by atomic mass is 32.1. The average Bonchev–Trinajstić information content (AvgIpc) is 3.26. The van der Waals surface area contributed by atoms with Gasteiger partial charge in [0.05, 0.1) is 6.42 Å². The summed E-state index contributed by atoms with van der Waals surface area (Å²) in [5.41, 5.74) is 2.87. The monoisotopic (exact) mass is 434 g/mol. The zero-order chi connectivity index (χ0) is 21.5. The van der Waals surface area contributed by atoms with Crippen LogP contribution in [0.4, 0.5) is 5.13 Å². The van der Waals surface area contributed by atoms with Gasteiger partial charge in [0.2, 0.25) is 11.0 Å². The molecule has 1 aliphatic rings. The Morgan fingerprint density at radius 3 is 2.35 bits per heavy atom. The number of nitrogens with one attached hydrogen (secondary N) is 1. The minimum absolute atomic E-state index is 0.0946. The second-order valence-corrected chi connectivity index (χ2v) is 8.82. The van der Waals surface area contributed by atoms with E-state index in [0.29, 0.717) is 11.6 Å². The van der Waals surface area contributed by atoms with Crippen LogP contribution in [0.25, 0.3) is 0 Å². The highest BCUT2D eigenvalue weighted by Crippen LogP contribution is 2.19. The van der Waals surface area contributed by atoms with Crippen LogP contribution < -0.4 is 5.32 Å². The Morgan fingerprint density at radius 1 is 0.871 bits per heavy atom. The first kappa shape index (κ1) is 21.2. The van der Waals surface area contributed by atoms with Crippen molar-refractivity contribution < 1.29 is 9.59 Å². The van der Waals surface area contributed by atoms with Crippen LogP contribution in [0.3, 0.4) is 0 Å². The van der Waals surface area contributed by atoms with Gasteiger partial charge in [-0.05, 0) is 48.9 Å². The number of hydrogen-bond acceptors (Lipinski definition) is 5. The maximum atomic E-state index is 12.6. The van der Waals surface area contributed by atoms with E-state index >= 15 is 0 Å². The molecule has 6 nitrogen and oxygen atoms in total. The molecule has 0 saturated carbocycles. The first-order valence-electron chi connectivity index (χ1n) is 10.7. The molecular weight excluding hydrogens is 408 g/mol. The van der Waals surface area contributed by atoms with Crippen molar-refractivity contribution in [2.24, 2.45) is 0 Å². The Hall–Kier alpha value is -3.06. The van der Waals surface area contributed by atoms with Gasteiger partial charge in [0, 0.05) is 25.1 Å². The first-order chi connectivity index (χ1) is 15.2. The Balaban J connectivity index is 1.26. The molecule has 1 N–H and O–H groups in total. The normalized spacial score (nSPS) is 13.7. The number of piperidine rings is 1. The molecule has 0 atom stereocenters. The molecule has 1 aliphatic heterocycles. The van der Waals surface area contributed by atoms with E-state index in [-0.39, 0.29) is 11.8 Å². The van der Waals surface area contributed by atoms with Crippen molar-refractivity contribution in [1.29, 1.82) is 0 Å². The van der Waals surface area contributed by atoms with Gasteiger partial charge < -0.3 is 10.2 Å². The fourth-order valence-corrected chi connectivity index (χ4v) is 4.45. The van der Waals surface area contributed by atoms with Crippen LogP contribution >= 0.6 is 11.3 Å². The Morgan fingerprint density at radius 2 is 1.61 bits per heavy atom. The van der Waals surface area contributed by atoms with Gasteiger partial charge in [-0.1, -0.05) is 53.8 Å². The zero-order valence-electron chi connectivity index (χ0n) is 17.4. The second-order valence-electron chi connectivity index (χ2n) is 7.76. The number of amides is 2. The molecule has 4 rings (SSSR count). The van der Waals surface area contributed by atoms with E-state index < -0.39 is 0 Å². The third-order valence-electron chi connectivity index (χ3n) is 5.39. The van der Waals surface area contributed by atoms with E-state index in [1.54, 1.807) is 0 Å². The smallest absolute Gasteiger partial charge is 0.253 e. The van der Waals surface area contributed by atoms with Gasteiger partial charge in [-0.3, -0.25) is 9.59 Å². The highest BCUT2D eigenvalue weighted by Gasteiger charge is 2.18. The van der Waals surface area contributed by atoms with E-state index in [1.807, 2.05) is 59.5 Å². The predicted octanol–water partition coefficient (Wildman–Crippen LogP) is 4.13. The minimum atomic E-state index is -0.0946. The van der Waals surface area contributed by atoms with Crippen molar-refractivity contribution in [1.82, 2.24) is 15.1 Å². The lowest BCUT2D eigenvalue weighted by molar-refractivity contribution is -0.115. The van der Waals surface area contributed by atoms with E-state index in [4.69, 9.17) is 0 Å². The summed E-state index contributed by atoms with van der Waals surface area (Å²) in [5.74, 6) is 0.0362. The number of likely N-dealkylation sites (tertiary alicyclic amines) is 1. The molecule has 2 heterocycles. The van der Waals surface area contributed by atoms with Crippen LogP contribution in [0.15, 0.2) is 54.6 Å². The lowest BCUT2D eigenvalue weighted by atomic mass is 10.1. The van der Waals surface area contributed by atoms with Gasteiger partial charge in [0.25, 0.3) is 5.91 Å². The van der Waals surface area contributed by atoms with Crippen LogP contribution in [0, 0.1) is 0 Å². The lowest BCUT2D eigenvalue weighted by Crippen LogP contribution is -2.35. The molecule has 0 radical (unpaired) electrons. The summed E-state index contributed by atoms with van der Waals surface area (Å²) in [7, 11) is 0. The van der Waals surface area contributed by atoms with Crippen molar-refractivity contribution in [3.63, 3.8) is 0 Å². The molecule has 0 unspecified atom stereocenters. The largest absolute Gasteiger partial charge is 0.339 e. The number of rotatable bonds is 7. The van der Waals surface area contributed by atoms with E-state index in [0.717, 1.165) is 60.5 Å². The van der Waals surface area contributed by atoms with Crippen LogP contribution in [-0.4, -0.2) is 40.0 Å². The van der Waals surface area contributed by atoms with E-state index in [9.17, 15) is 9.59 Å². The van der Waals surface area contributed by atoms with Crippen LogP contribution in [-0.2, 0) is 24.1 Å². The van der Waals surface area contributed by atoms with Crippen LogP contribution in [0.1, 0.15) is 45.8 Å². The van der Waals surface area contributed by atoms with Gasteiger partial charge in [-0.25, -0.2) is 0 Å². The second kappa shape index (κ2) is 10.3. The number of nitrogens with zero attached hydrogens (tertiary/aromatic N) is 3. The lowest BCUT2D eigenvalue weighted by Gasteiger charge is -2.26. The molecule has 7 heteroatoms. The minimum Gasteiger partial charge on any atom is -0.339 e. The standard InChI is InChI=1S/C24H26N4O2S/c29-21(17-19-7-3-1-4-8-19)25-24-27-26-22(31-24)14-11-18-9-12-20(13-10-18)23(30)28-15-5-2-6-16-28/h1,3-4,7-10,12-13H,2,5-6,11,14-17H2,(H,25,27,29). The van der Waals surface area contributed by atoms with Crippen molar-refractivity contribution in [3.8, 4) is 0 Å². The van der Waals surface area contributed by atoms with Crippen molar-refractivity contribution in [3.05, 3.63) is 76.3 Å². The molecule has 2 aromatic carbocycles. The van der Waals surface area contributed by atoms with Crippen molar-refractivity contribution in [2.75, 3.05) is 18.4 Å². The molecule has 1 saturated heterocycles. The maximum Gasteiger partial charge on any atom is 0.253 e. The SMILES string of the molecule is O=C(Cc1ccccc1)Nc1nnc(CCc2ccc(C(=O)N3CCCCC3)cc2)s1. The number of aryl methyl sites for hydroxylation is 2. The Labute approximate surface area is 186 Å². The van der Waals surface area contributed by atoms with Crippen molar-refractivity contribution >= 4 is 28.3 Å². The summed E-state index contributed by atoms with van der Waals surface area (Å²) in [5, 5.41) is 12.5. The van der Waals surface area contributed by atoms with E-state index in [2.05, 4.69) is 15.5 Å². The summed E-state index contributed by atoms with van der Waals surface area (Å²) in [6.45, 7) is 1.73. The van der Waals surface area contributed by atoms with Crippen molar-refractivity contribution in [2.45, 2.75) is 38.5 Å². The van der Waals surface area contributed by atoms with Gasteiger partial charge in [-0.15, -0.1) is 10.2 Å². The molecule has 31 heavy (non-hydrogen) atoms. The molecular formula is C24H26N4O2S. The maximum absolute atomic E-state index is 12.6.